The van der Waals surface area contributed by atoms with Crippen molar-refractivity contribution >= 4 is 73.6 Å². The summed E-state index contributed by atoms with van der Waals surface area (Å²) in [7, 11) is 0. The Morgan fingerprint density at radius 3 is 2.61 bits per heavy atom. The van der Waals surface area contributed by atoms with Gasteiger partial charge in [0.15, 0.2) is 10.8 Å². The number of aryl methyl sites for hydroxylation is 1. The minimum atomic E-state index is -0.274. The van der Waals surface area contributed by atoms with E-state index in [1.165, 1.54) is 0 Å². The van der Waals surface area contributed by atoms with Crippen LogP contribution in [0.3, 0.4) is 0 Å². The number of benzene rings is 3. The number of halogens is 1. The van der Waals surface area contributed by atoms with Gasteiger partial charge in [0.1, 0.15) is 12.1 Å². The van der Waals surface area contributed by atoms with Gasteiger partial charge in [-0.1, -0.05) is 47.5 Å². The van der Waals surface area contributed by atoms with Crippen LogP contribution < -0.4 is 16.2 Å². The number of hydrazine groups is 1. The van der Waals surface area contributed by atoms with Crippen molar-refractivity contribution in [2.75, 3.05) is 5.32 Å². The lowest BCUT2D eigenvalue weighted by Crippen LogP contribution is -2.45. The van der Waals surface area contributed by atoms with Crippen LogP contribution in [-0.2, 0) is 11.3 Å². The highest BCUT2D eigenvalue weighted by molar-refractivity contribution is 7.80. The number of amides is 1. The summed E-state index contributed by atoms with van der Waals surface area (Å²) in [5, 5.41) is 4.84. The Bertz CT molecular complexity index is 1530. The van der Waals surface area contributed by atoms with Crippen LogP contribution in [0.5, 0.6) is 0 Å². The van der Waals surface area contributed by atoms with E-state index in [0.29, 0.717) is 21.7 Å². The molecule has 7 nitrogen and oxygen atoms in total. The zero-order valence-corrected chi connectivity index (χ0v) is 19.2. The molecule has 2 heterocycles. The van der Waals surface area contributed by atoms with E-state index in [1.54, 1.807) is 12.1 Å². The fourth-order valence-corrected chi connectivity index (χ4v) is 4.01. The molecule has 1 amide bonds. The van der Waals surface area contributed by atoms with Gasteiger partial charge in [0, 0.05) is 16.1 Å². The van der Waals surface area contributed by atoms with Gasteiger partial charge in [-0.2, -0.15) is 0 Å². The van der Waals surface area contributed by atoms with Crippen molar-refractivity contribution in [3.05, 3.63) is 77.3 Å². The van der Waals surface area contributed by atoms with Gasteiger partial charge in [-0.25, -0.2) is 9.97 Å². The van der Waals surface area contributed by atoms with Crippen molar-refractivity contribution in [1.82, 2.24) is 25.4 Å². The third-order valence-corrected chi connectivity index (χ3v) is 5.68. The fraction of sp³-hybridized carbons (Fsp3) is 0.0833. The lowest BCUT2D eigenvalue weighted by Gasteiger charge is -2.13. The summed E-state index contributed by atoms with van der Waals surface area (Å²) >= 11 is 11.4. The first kappa shape index (κ1) is 21.1. The Morgan fingerprint density at radius 1 is 1.00 bits per heavy atom. The summed E-state index contributed by atoms with van der Waals surface area (Å²) in [6.45, 7) is 2.05. The lowest BCUT2D eigenvalue weighted by molar-refractivity contribution is -0.122. The van der Waals surface area contributed by atoms with Crippen LogP contribution in [0.1, 0.15) is 5.56 Å². The van der Waals surface area contributed by atoms with Crippen LogP contribution in [0.2, 0.25) is 5.02 Å². The topological polar surface area (TPSA) is 83.9 Å². The highest BCUT2D eigenvalue weighted by Crippen LogP contribution is 2.28. The van der Waals surface area contributed by atoms with Gasteiger partial charge >= 0.3 is 0 Å². The largest absolute Gasteiger partial charge is 0.331 e. The second-order valence-electron chi connectivity index (χ2n) is 7.63. The predicted molar refractivity (Wildman–Crippen MR) is 136 cm³/mol. The molecule has 0 fully saturated rings. The number of anilines is 1. The highest BCUT2D eigenvalue weighted by atomic mass is 35.5. The molecule has 0 bridgehead atoms. The molecule has 5 rings (SSSR count). The van der Waals surface area contributed by atoms with Gasteiger partial charge < -0.3 is 9.88 Å². The van der Waals surface area contributed by atoms with E-state index in [1.807, 2.05) is 66.1 Å². The van der Waals surface area contributed by atoms with Crippen LogP contribution >= 0.6 is 23.8 Å². The van der Waals surface area contributed by atoms with E-state index in [-0.39, 0.29) is 17.6 Å². The Morgan fingerprint density at radius 2 is 1.79 bits per heavy atom. The number of para-hydroxylation sites is 1. The average molecular weight is 475 g/mol. The Balaban J connectivity index is 1.39. The van der Waals surface area contributed by atoms with Crippen molar-refractivity contribution in [1.29, 1.82) is 0 Å². The number of thiocarbonyl (C=S) groups is 1. The molecule has 2 aromatic heterocycles. The quantitative estimate of drug-likeness (QED) is 0.259. The van der Waals surface area contributed by atoms with Crippen LogP contribution in [0.15, 0.2) is 66.7 Å². The number of nitrogens with one attached hydrogen (secondary N) is 3. The van der Waals surface area contributed by atoms with Crippen LogP contribution in [0.4, 0.5) is 5.69 Å². The Kier molecular flexibility index (Phi) is 5.53. The van der Waals surface area contributed by atoms with E-state index in [2.05, 4.69) is 16.2 Å². The second-order valence-corrected chi connectivity index (χ2v) is 8.47. The lowest BCUT2D eigenvalue weighted by atomic mass is 10.2. The third kappa shape index (κ3) is 4.30. The molecule has 5 aromatic rings. The van der Waals surface area contributed by atoms with Crippen molar-refractivity contribution in [3.63, 3.8) is 0 Å². The van der Waals surface area contributed by atoms with Gasteiger partial charge in [0.25, 0.3) is 5.91 Å². The fourth-order valence-electron chi connectivity index (χ4n) is 3.68. The summed E-state index contributed by atoms with van der Waals surface area (Å²) in [5.41, 5.74) is 11.0. The second kappa shape index (κ2) is 8.65. The van der Waals surface area contributed by atoms with Gasteiger partial charge in [0.2, 0.25) is 0 Å². The van der Waals surface area contributed by atoms with Crippen LogP contribution in [0.25, 0.3) is 33.1 Å². The minimum absolute atomic E-state index is 0.0396. The van der Waals surface area contributed by atoms with Crippen LogP contribution in [0, 0.1) is 6.92 Å². The minimum Gasteiger partial charge on any atom is -0.331 e. The molecule has 0 aliphatic rings. The van der Waals surface area contributed by atoms with E-state index in [9.17, 15) is 4.79 Å². The molecule has 3 aromatic carbocycles. The number of rotatable bonds is 3. The van der Waals surface area contributed by atoms with Gasteiger partial charge in [-0.3, -0.25) is 15.6 Å². The molecule has 3 N–H and O–H groups in total. The van der Waals surface area contributed by atoms with Gasteiger partial charge in [-0.15, -0.1) is 0 Å². The molecular formula is C24H19ClN6OS. The number of carbonyl (C=O) groups is 1. The smallest absolute Gasteiger partial charge is 0.258 e. The number of nitrogens with zero attached hydrogens (tertiary/aromatic N) is 3. The standard InChI is InChI=1S/C24H19ClN6OS/c1-14-6-9-16(10-7-14)26-24(33)30-29-21(32)13-31-20-5-3-2-4-17(20)22-23(31)28-18-11-8-15(25)12-19(18)27-22/h2-12H,13H2,1H3,(H,29,32)(H2,26,30,33). The molecular weight excluding hydrogens is 456 g/mol. The molecule has 0 saturated carbocycles. The number of aromatic nitrogens is 3. The number of hydrogen-bond donors (Lipinski definition) is 3. The van der Waals surface area contributed by atoms with Crippen LogP contribution in [-0.4, -0.2) is 25.6 Å². The molecule has 33 heavy (non-hydrogen) atoms. The van der Waals surface area contributed by atoms with E-state index in [0.717, 1.165) is 27.7 Å². The number of hydrogen-bond acceptors (Lipinski definition) is 4. The number of carbonyl (C=O) groups excluding carboxylic acids is 1. The zero-order valence-electron chi connectivity index (χ0n) is 17.6. The molecule has 0 aliphatic heterocycles. The Labute approximate surface area is 199 Å². The van der Waals surface area contributed by atoms with E-state index < -0.39 is 0 Å². The first-order chi connectivity index (χ1) is 16.0. The third-order valence-electron chi connectivity index (χ3n) is 5.24. The molecule has 0 atom stereocenters. The van der Waals surface area contributed by atoms with Crippen molar-refractivity contribution in [2.24, 2.45) is 0 Å². The van der Waals surface area contributed by atoms with Crippen molar-refractivity contribution in [3.8, 4) is 0 Å². The first-order valence-electron chi connectivity index (χ1n) is 10.2. The monoisotopic (exact) mass is 474 g/mol. The summed E-state index contributed by atoms with van der Waals surface area (Å²) in [6, 6.07) is 20.9. The maximum absolute atomic E-state index is 12.8. The van der Waals surface area contributed by atoms with Gasteiger partial charge in [0.05, 0.1) is 16.6 Å². The summed E-state index contributed by atoms with van der Waals surface area (Å²) in [6.07, 6.45) is 0. The first-order valence-corrected chi connectivity index (χ1v) is 11.0. The predicted octanol–water partition coefficient (Wildman–Crippen LogP) is 4.72. The SMILES string of the molecule is Cc1ccc(NC(=S)NNC(=O)Cn2c3ccccc3c3nc4cc(Cl)ccc4nc32)cc1. The Hall–Kier alpha value is -3.75. The summed E-state index contributed by atoms with van der Waals surface area (Å²) < 4.78 is 1.85. The van der Waals surface area contributed by atoms with Crippen molar-refractivity contribution in [2.45, 2.75) is 13.5 Å². The summed E-state index contributed by atoms with van der Waals surface area (Å²) in [5.74, 6) is -0.274. The van der Waals surface area contributed by atoms with E-state index in [4.69, 9.17) is 33.8 Å². The summed E-state index contributed by atoms with van der Waals surface area (Å²) in [4.78, 5) is 22.3. The molecule has 0 unspecified atom stereocenters. The van der Waals surface area contributed by atoms with Gasteiger partial charge in [-0.05, 0) is 55.5 Å². The molecule has 164 valence electrons. The van der Waals surface area contributed by atoms with E-state index >= 15 is 0 Å². The highest BCUT2D eigenvalue weighted by Gasteiger charge is 2.16. The normalized spacial score (nSPS) is 11.1. The maximum Gasteiger partial charge on any atom is 0.258 e. The average Bonchev–Trinajstić information content (AvgIpc) is 3.10. The molecule has 0 spiro atoms. The van der Waals surface area contributed by atoms with Crippen molar-refractivity contribution < 1.29 is 4.79 Å². The zero-order chi connectivity index (χ0) is 22.9. The molecule has 0 radical (unpaired) electrons. The maximum atomic E-state index is 12.8. The molecule has 9 heteroatoms. The molecule has 0 aliphatic carbocycles. The number of fused-ring (bicyclic) bond motifs is 4. The molecule has 0 saturated heterocycles.